The predicted octanol–water partition coefficient (Wildman–Crippen LogP) is 2.07. The van der Waals surface area contributed by atoms with E-state index in [1.807, 2.05) is 28.7 Å². The molecule has 0 spiro atoms. The molecule has 0 atom stereocenters. The Labute approximate surface area is 89.1 Å². The number of Topliss-reactive ketones (excluding diaryl/α,β-unsaturated/α-hetero) is 1. The van der Waals surface area contributed by atoms with Crippen molar-refractivity contribution in [3.8, 4) is 11.8 Å². The Morgan fingerprint density at radius 1 is 1.62 bits per heavy atom. The fourth-order valence-corrected chi connectivity index (χ4v) is 1.60. The molecule has 4 heteroatoms. The van der Waals surface area contributed by atoms with E-state index in [9.17, 15) is 9.90 Å². The molecule has 1 aromatic carbocycles. The minimum absolute atomic E-state index is 0.106. The number of nitriles is 1. The maximum atomic E-state index is 11.1. The Balaban J connectivity index is 3.55. The lowest BCUT2D eigenvalue weighted by atomic mass is 10.0. The van der Waals surface area contributed by atoms with Crippen molar-refractivity contribution in [2.75, 3.05) is 0 Å². The summed E-state index contributed by atoms with van der Waals surface area (Å²) < 4.78 is 0.670. The van der Waals surface area contributed by atoms with Crippen molar-refractivity contribution >= 4 is 28.4 Å². The summed E-state index contributed by atoms with van der Waals surface area (Å²) >= 11 is 1.95. The zero-order valence-electron chi connectivity index (χ0n) is 6.84. The first-order chi connectivity index (χ1) is 6.07. The van der Waals surface area contributed by atoms with Crippen LogP contribution in [0.15, 0.2) is 12.1 Å². The highest BCUT2D eigenvalue weighted by Crippen LogP contribution is 2.25. The highest BCUT2D eigenvalue weighted by molar-refractivity contribution is 14.1. The van der Waals surface area contributed by atoms with Crippen LogP contribution in [0.5, 0.6) is 5.75 Å². The first-order valence-electron chi connectivity index (χ1n) is 3.50. The maximum Gasteiger partial charge on any atom is 0.164 e. The molecular weight excluding hydrogens is 281 g/mol. The third kappa shape index (κ3) is 1.80. The lowest BCUT2D eigenvalue weighted by molar-refractivity contribution is 0.101. The molecule has 0 saturated heterocycles. The molecule has 66 valence electrons. The molecular formula is C9H6INO2. The molecule has 0 bridgehead atoms. The molecule has 0 radical (unpaired) electrons. The van der Waals surface area contributed by atoms with Crippen molar-refractivity contribution in [2.45, 2.75) is 6.92 Å². The summed E-state index contributed by atoms with van der Waals surface area (Å²) in [6.07, 6.45) is 0. The molecule has 0 aliphatic heterocycles. The lowest BCUT2D eigenvalue weighted by Gasteiger charge is -2.03. The third-order valence-electron chi connectivity index (χ3n) is 1.60. The minimum Gasteiger partial charge on any atom is -0.507 e. The average molecular weight is 287 g/mol. The van der Waals surface area contributed by atoms with Crippen LogP contribution < -0.4 is 0 Å². The number of phenols is 1. The number of hydrogen-bond donors (Lipinski definition) is 1. The summed E-state index contributed by atoms with van der Waals surface area (Å²) in [5.74, 6) is -0.433. The Bertz CT molecular complexity index is 407. The molecule has 13 heavy (non-hydrogen) atoms. The molecule has 3 nitrogen and oxygen atoms in total. The van der Waals surface area contributed by atoms with Crippen LogP contribution in [0.2, 0.25) is 0 Å². The van der Waals surface area contributed by atoms with E-state index in [1.165, 1.54) is 13.0 Å². The second kappa shape index (κ2) is 3.75. The van der Waals surface area contributed by atoms with Gasteiger partial charge in [-0.05, 0) is 41.6 Å². The van der Waals surface area contributed by atoms with Gasteiger partial charge in [-0.15, -0.1) is 0 Å². The number of halogens is 1. The number of hydrogen-bond acceptors (Lipinski definition) is 3. The second-order valence-corrected chi connectivity index (χ2v) is 3.65. The van der Waals surface area contributed by atoms with E-state index in [0.717, 1.165) is 0 Å². The smallest absolute Gasteiger partial charge is 0.164 e. The zero-order chi connectivity index (χ0) is 10.0. The molecule has 0 saturated carbocycles. The Morgan fingerprint density at radius 3 is 2.62 bits per heavy atom. The quantitative estimate of drug-likeness (QED) is 0.635. The molecule has 0 aromatic heterocycles. The molecule has 1 aromatic rings. The van der Waals surface area contributed by atoms with Gasteiger partial charge in [0.2, 0.25) is 0 Å². The van der Waals surface area contributed by atoms with Gasteiger partial charge in [0.05, 0.1) is 11.1 Å². The van der Waals surface area contributed by atoms with Crippen LogP contribution in [0.25, 0.3) is 0 Å². The van der Waals surface area contributed by atoms with Crippen LogP contribution >= 0.6 is 22.6 Å². The van der Waals surface area contributed by atoms with Gasteiger partial charge in [-0.1, -0.05) is 0 Å². The topological polar surface area (TPSA) is 61.1 Å². The lowest BCUT2D eigenvalue weighted by Crippen LogP contribution is -1.99. The van der Waals surface area contributed by atoms with Gasteiger partial charge in [-0.25, -0.2) is 0 Å². The molecule has 1 rings (SSSR count). The van der Waals surface area contributed by atoms with Crippen LogP contribution in [-0.4, -0.2) is 10.9 Å². The van der Waals surface area contributed by atoms with Crippen molar-refractivity contribution in [1.29, 1.82) is 5.26 Å². The highest BCUT2D eigenvalue weighted by atomic mass is 127. The fraction of sp³-hybridized carbons (Fsp3) is 0.111. The van der Waals surface area contributed by atoms with E-state index in [1.54, 1.807) is 6.07 Å². The normalized spacial score (nSPS) is 9.31. The number of rotatable bonds is 1. The first-order valence-corrected chi connectivity index (χ1v) is 4.58. The third-order valence-corrected chi connectivity index (χ3v) is 2.50. The van der Waals surface area contributed by atoms with Gasteiger partial charge in [0.25, 0.3) is 0 Å². The van der Waals surface area contributed by atoms with Crippen molar-refractivity contribution in [2.24, 2.45) is 0 Å². The number of phenolic OH excluding ortho intramolecular Hbond substituents is 1. The largest absolute Gasteiger partial charge is 0.507 e. The van der Waals surface area contributed by atoms with E-state index < -0.39 is 0 Å². The van der Waals surface area contributed by atoms with E-state index >= 15 is 0 Å². The second-order valence-electron chi connectivity index (χ2n) is 2.48. The van der Waals surface area contributed by atoms with Crippen molar-refractivity contribution < 1.29 is 9.90 Å². The van der Waals surface area contributed by atoms with Gasteiger partial charge in [-0.3, -0.25) is 4.79 Å². The summed E-state index contributed by atoms with van der Waals surface area (Å²) in [5, 5.41) is 18.1. The molecule has 0 aliphatic carbocycles. The summed E-state index contributed by atoms with van der Waals surface area (Å²) in [6, 6.07) is 4.91. The van der Waals surface area contributed by atoms with E-state index in [2.05, 4.69) is 0 Å². The van der Waals surface area contributed by atoms with Gasteiger partial charge >= 0.3 is 0 Å². The van der Waals surface area contributed by atoms with E-state index in [0.29, 0.717) is 3.57 Å². The standard InChI is InChI=1S/C9H6INO2/c1-5(12)9-6(4-11)7(10)2-3-8(9)13/h2-3,13H,1H3. The van der Waals surface area contributed by atoms with E-state index in [-0.39, 0.29) is 22.7 Å². The van der Waals surface area contributed by atoms with Gasteiger partial charge in [0.1, 0.15) is 11.8 Å². The van der Waals surface area contributed by atoms with Gasteiger partial charge in [0.15, 0.2) is 5.78 Å². The summed E-state index contributed by atoms with van der Waals surface area (Å²) in [4.78, 5) is 11.1. The van der Waals surface area contributed by atoms with Crippen molar-refractivity contribution in [3.63, 3.8) is 0 Å². The number of ketones is 1. The van der Waals surface area contributed by atoms with Crippen LogP contribution in [-0.2, 0) is 0 Å². The molecule has 0 unspecified atom stereocenters. The first kappa shape index (κ1) is 9.99. The highest BCUT2D eigenvalue weighted by Gasteiger charge is 2.14. The number of aromatic hydroxyl groups is 1. The van der Waals surface area contributed by atoms with Crippen molar-refractivity contribution in [3.05, 3.63) is 26.8 Å². The maximum absolute atomic E-state index is 11.1. The molecule has 0 heterocycles. The van der Waals surface area contributed by atoms with Crippen LogP contribution in [0.4, 0.5) is 0 Å². The summed E-state index contributed by atoms with van der Waals surface area (Å²) in [5.41, 5.74) is 0.350. The number of nitrogens with zero attached hydrogens (tertiary/aromatic N) is 1. The summed E-state index contributed by atoms with van der Waals surface area (Å²) in [7, 11) is 0. The molecule has 0 fully saturated rings. The SMILES string of the molecule is CC(=O)c1c(O)ccc(I)c1C#N. The van der Waals surface area contributed by atoms with Crippen LogP contribution in [0.1, 0.15) is 22.8 Å². The van der Waals surface area contributed by atoms with Gasteiger partial charge in [-0.2, -0.15) is 5.26 Å². The number of carbonyl (C=O) groups is 1. The molecule has 1 N–H and O–H groups in total. The average Bonchev–Trinajstić information content (AvgIpc) is 2.07. The molecule has 0 aliphatic rings. The zero-order valence-corrected chi connectivity index (χ0v) is 8.99. The Hall–Kier alpha value is -1.09. The fourth-order valence-electron chi connectivity index (χ4n) is 1.03. The Morgan fingerprint density at radius 2 is 2.23 bits per heavy atom. The van der Waals surface area contributed by atoms with E-state index in [4.69, 9.17) is 5.26 Å². The number of carbonyl (C=O) groups excluding carboxylic acids is 1. The number of benzene rings is 1. The monoisotopic (exact) mass is 287 g/mol. The van der Waals surface area contributed by atoms with Gasteiger partial charge < -0.3 is 5.11 Å². The van der Waals surface area contributed by atoms with Crippen molar-refractivity contribution in [1.82, 2.24) is 0 Å². The van der Waals surface area contributed by atoms with Gasteiger partial charge in [0, 0.05) is 3.57 Å². The summed E-state index contributed by atoms with van der Waals surface area (Å²) in [6.45, 7) is 1.33. The molecule has 0 amide bonds. The predicted molar refractivity (Wildman–Crippen MR) is 55.5 cm³/mol. The minimum atomic E-state index is -0.299. The van der Waals surface area contributed by atoms with Crippen LogP contribution in [0, 0.1) is 14.9 Å². The van der Waals surface area contributed by atoms with Crippen LogP contribution in [0.3, 0.4) is 0 Å². The Kier molecular flexibility index (Phi) is 2.88.